The molecular formula is C20H27N. The van der Waals surface area contributed by atoms with Crippen LogP contribution in [0.5, 0.6) is 0 Å². The zero-order valence-corrected chi connectivity index (χ0v) is 13.4. The first-order valence-electron chi connectivity index (χ1n) is 8.36. The lowest BCUT2D eigenvalue weighted by molar-refractivity contribution is 0.525. The van der Waals surface area contributed by atoms with Gasteiger partial charge in [-0.3, -0.25) is 4.98 Å². The van der Waals surface area contributed by atoms with Crippen molar-refractivity contribution in [3.63, 3.8) is 0 Å². The molecule has 0 fully saturated rings. The number of hydrogen-bond donors (Lipinski definition) is 0. The number of aromatic nitrogens is 1. The van der Waals surface area contributed by atoms with Crippen molar-refractivity contribution >= 4 is 0 Å². The van der Waals surface area contributed by atoms with Crippen LogP contribution in [0.4, 0.5) is 0 Å². The first-order chi connectivity index (χ1) is 10.3. The maximum atomic E-state index is 4.47. The molecule has 0 aliphatic heterocycles. The summed E-state index contributed by atoms with van der Waals surface area (Å²) < 4.78 is 0. The lowest BCUT2D eigenvalue weighted by Gasteiger charge is -2.18. The van der Waals surface area contributed by atoms with Crippen LogP contribution < -0.4 is 0 Å². The van der Waals surface area contributed by atoms with Gasteiger partial charge in [-0.1, -0.05) is 63.8 Å². The molecule has 1 aromatic heterocycles. The van der Waals surface area contributed by atoms with Crippen LogP contribution in [0.2, 0.25) is 0 Å². The molecular weight excluding hydrogens is 254 g/mol. The molecule has 0 spiro atoms. The number of rotatable bonds is 8. The Morgan fingerprint density at radius 3 is 2.29 bits per heavy atom. The van der Waals surface area contributed by atoms with Gasteiger partial charge < -0.3 is 0 Å². The minimum absolute atomic E-state index is 0.702. The number of nitrogens with zero attached hydrogens (tertiary/aromatic N) is 1. The largest absolute Gasteiger partial charge is 0.256 e. The molecule has 0 N–H and O–H groups in total. The average molecular weight is 281 g/mol. The Bertz CT molecular complexity index is 510. The van der Waals surface area contributed by atoms with Crippen molar-refractivity contribution in [2.75, 3.05) is 0 Å². The summed E-state index contributed by atoms with van der Waals surface area (Å²) in [6, 6.07) is 15.1. The second-order valence-electron chi connectivity index (χ2n) is 5.82. The van der Waals surface area contributed by atoms with Crippen molar-refractivity contribution in [3.05, 3.63) is 54.2 Å². The van der Waals surface area contributed by atoms with E-state index >= 15 is 0 Å². The van der Waals surface area contributed by atoms with Crippen molar-refractivity contribution in [2.24, 2.45) is 0 Å². The van der Waals surface area contributed by atoms with Crippen molar-refractivity contribution < 1.29 is 0 Å². The smallest absolute Gasteiger partial charge is 0.0702 e. The molecule has 0 radical (unpaired) electrons. The van der Waals surface area contributed by atoms with Gasteiger partial charge in [0.15, 0.2) is 0 Å². The zero-order valence-electron chi connectivity index (χ0n) is 13.4. The molecule has 0 saturated carbocycles. The molecule has 2 aromatic rings. The van der Waals surface area contributed by atoms with Crippen molar-refractivity contribution in [1.82, 2.24) is 4.98 Å². The van der Waals surface area contributed by atoms with E-state index in [0.29, 0.717) is 5.92 Å². The quantitative estimate of drug-likeness (QED) is 0.560. The van der Waals surface area contributed by atoms with Crippen LogP contribution >= 0.6 is 0 Å². The van der Waals surface area contributed by atoms with Gasteiger partial charge in [0.2, 0.25) is 0 Å². The Hall–Kier alpha value is -1.63. The highest BCUT2D eigenvalue weighted by atomic mass is 14.7. The van der Waals surface area contributed by atoms with Crippen molar-refractivity contribution in [2.45, 2.75) is 58.3 Å². The van der Waals surface area contributed by atoms with Crippen LogP contribution in [0.15, 0.2) is 48.7 Å². The second kappa shape index (κ2) is 8.61. The zero-order chi connectivity index (χ0) is 14.9. The van der Waals surface area contributed by atoms with Crippen LogP contribution in [-0.2, 0) is 0 Å². The van der Waals surface area contributed by atoms with E-state index in [1.54, 1.807) is 0 Å². The van der Waals surface area contributed by atoms with Crippen LogP contribution in [0, 0.1) is 0 Å². The Labute approximate surface area is 129 Å². The highest BCUT2D eigenvalue weighted by molar-refractivity contribution is 5.59. The summed E-state index contributed by atoms with van der Waals surface area (Å²) in [6.07, 6.45) is 9.69. The summed E-state index contributed by atoms with van der Waals surface area (Å²) >= 11 is 0. The summed E-state index contributed by atoms with van der Waals surface area (Å²) in [5.74, 6) is 0.702. The lowest BCUT2D eigenvalue weighted by atomic mass is 9.88. The SMILES string of the molecule is CCCCC(CCCC)c1cccc(-c2ccccn2)c1. The van der Waals surface area contributed by atoms with Gasteiger partial charge in [-0.05, 0) is 42.5 Å². The number of benzene rings is 1. The third-order valence-electron chi connectivity index (χ3n) is 4.13. The molecule has 1 aromatic carbocycles. The summed E-state index contributed by atoms with van der Waals surface area (Å²) in [4.78, 5) is 4.47. The Morgan fingerprint density at radius 1 is 0.905 bits per heavy atom. The number of hydrogen-bond acceptors (Lipinski definition) is 1. The molecule has 0 amide bonds. The van der Waals surface area contributed by atoms with Gasteiger partial charge in [0, 0.05) is 11.8 Å². The van der Waals surface area contributed by atoms with Gasteiger partial charge in [0.25, 0.3) is 0 Å². The van der Waals surface area contributed by atoms with E-state index in [1.807, 2.05) is 12.3 Å². The molecule has 1 heteroatoms. The Kier molecular flexibility index (Phi) is 6.46. The lowest BCUT2D eigenvalue weighted by Crippen LogP contribution is -2.00. The molecule has 0 atom stereocenters. The molecule has 0 saturated heterocycles. The predicted molar refractivity (Wildman–Crippen MR) is 91.5 cm³/mol. The maximum absolute atomic E-state index is 4.47. The Balaban J connectivity index is 2.20. The highest BCUT2D eigenvalue weighted by Crippen LogP contribution is 2.30. The second-order valence-corrected chi connectivity index (χ2v) is 5.82. The van der Waals surface area contributed by atoms with E-state index in [-0.39, 0.29) is 0 Å². The van der Waals surface area contributed by atoms with Crippen molar-refractivity contribution in [1.29, 1.82) is 0 Å². The first kappa shape index (κ1) is 15.8. The third kappa shape index (κ3) is 4.70. The fourth-order valence-electron chi connectivity index (χ4n) is 2.86. The molecule has 0 bridgehead atoms. The summed E-state index contributed by atoms with van der Waals surface area (Å²) in [6.45, 7) is 4.56. The van der Waals surface area contributed by atoms with E-state index in [9.17, 15) is 0 Å². The average Bonchev–Trinajstić information content (AvgIpc) is 2.56. The van der Waals surface area contributed by atoms with E-state index in [0.717, 1.165) is 5.69 Å². The minimum Gasteiger partial charge on any atom is -0.256 e. The fourth-order valence-corrected chi connectivity index (χ4v) is 2.86. The summed E-state index contributed by atoms with van der Waals surface area (Å²) in [5.41, 5.74) is 3.80. The number of unbranched alkanes of at least 4 members (excludes halogenated alkanes) is 2. The van der Waals surface area contributed by atoms with Gasteiger partial charge in [0.1, 0.15) is 0 Å². The van der Waals surface area contributed by atoms with Crippen molar-refractivity contribution in [3.8, 4) is 11.3 Å². The van der Waals surface area contributed by atoms with E-state index in [2.05, 4.69) is 55.2 Å². The molecule has 0 aliphatic carbocycles. The number of pyridine rings is 1. The van der Waals surface area contributed by atoms with E-state index in [1.165, 1.54) is 49.7 Å². The highest BCUT2D eigenvalue weighted by Gasteiger charge is 2.11. The normalized spacial score (nSPS) is 11.0. The van der Waals surface area contributed by atoms with Crippen LogP contribution in [0.1, 0.15) is 63.9 Å². The Morgan fingerprint density at radius 2 is 1.67 bits per heavy atom. The third-order valence-corrected chi connectivity index (χ3v) is 4.13. The van der Waals surface area contributed by atoms with E-state index < -0.39 is 0 Å². The van der Waals surface area contributed by atoms with Gasteiger partial charge in [-0.15, -0.1) is 0 Å². The topological polar surface area (TPSA) is 12.9 Å². The predicted octanol–water partition coefficient (Wildman–Crippen LogP) is 6.21. The van der Waals surface area contributed by atoms with Crippen LogP contribution in [0.25, 0.3) is 11.3 Å². The van der Waals surface area contributed by atoms with Crippen LogP contribution in [0.3, 0.4) is 0 Å². The molecule has 0 aliphatic rings. The first-order valence-corrected chi connectivity index (χ1v) is 8.36. The van der Waals surface area contributed by atoms with E-state index in [4.69, 9.17) is 0 Å². The molecule has 1 nitrogen and oxygen atoms in total. The minimum atomic E-state index is 0.702. The molecule has 0 unspecified atom stereocenters. The fraction of sp³-hybridized carbons (Fsp3) is 0.450. The van der Waals surface area contributed by atoms with Gasteiger partial charge in [-0.2, -0.15) is 0 Å². The van der Waals surface area contributed by atoms with Gasteiger partial charge >= 0.3 is 0 Å². The van der Waals surface area contributed by atoms with Crippen LogP contribution in [-0.4, -0.2) is 4.98 Å². The van der Waals surface area contributed by atoms with Gasteiger partial charge in [0.05, 0.1) is 5.69 Å². The molecule has 112 valence electrons. The summed E-state index contributed by atoms with van der Waals surface area (Å²) in [7, 11) is 0. The monoisotopic (exact) mass is 281 g/mol. The standard InChI is InChI=1S/C20H27N/c1-3-5-10-17(11-6-4-2)18-12-9-13-19(16-18)20-14-7-8-15-21-20/h7-9,12-17H,3-6,10-11H2,1-2H3. The molecule has 21 heavy (non-hydrogen) atoms. The molecule has 2 rings (SSSR count). The maximum Gasteiger partial charge on any atom is 0.0702 e. The molecule has 1 heterocycles. The summed E-state index contributed by atoms with van der Waals surface area (Å²) in [5, 5.41) is 0. The van der Waals surface area contributed by atoms with Gasteiger partial charge in [-0.25, -0.2) is 0 Å².